The molecule has 3 heterocycles. The van der Waals surface area contributed by atoms with Crippen molar-refractivity contribution in [3.8, 4) is 0 Å². The highest BCUT2D eigenvalue weighted by Gasteiger charge is 2.35. The Morgan fingerprint density at radius 3 is 2.62 bits per heavy atom. The van der Waals surface area contributed by atoms with E-state index in [1.165, 1.54) is 25.7 Å². The fourth-order valence-corrected chi connectivity index (χ4v) is 3.41. The lowest BCUT2D eigenvalue weighted by Crippen LogP contribution is -2.42. The normalized spacial score (nSPS) is 22.3. The number of aromatic carboxylic acids is 1. The van der Waals surface area contributed by atoms with Crippen LogP contribution in [0.4, 0.5) is 0 Å². The lowest BCUT2D eigenvalue weighted by molar-refractivity contribution is -0.0219. The third-order valence-corrected chi connectivity index (χ3v) is 4.88. The molecule has 1 aromatic rings. The second kappa shape index (κ2) is 6.12. The number of likely N-dealkylation sites (tertiary alicyclic amines) is 1. The number of ether oxygens (including phenoxy) is 1. The Labute approximate surface area is 124 Å². The number of hydrogen-bond donors (Lipinski definition) is 1. The Morgan fingerprint density at radius 2 is 1.95 bits per heavy atom. The van der Waals surface area contributed by atoms with E-state index in [0.717, 1.165) is 38.5 Å². The Kier molecular flexibility index (Phi) is 4.22. The lowest BCUT2D eigenvalue weighted by atomic mass is 9.72. The van der Waals surface area contributed by atoms with Crippen molar-refractivity contribution in [1.82, 2.24) is 9.88 Å². The molecule has 0 aromatic carbocycles. The molecule has 1 N–H and O–H groups in total. The Hall–Kier alpha value is -1.46. The van der Waals surface area contributed by atoms with E-state index in [0.29, 0.717) is 5.41 Å². The van der Waals surface area contributed by atoms with Crippen molar-refractivity contribution in [2.75, 3.05) is 26.3 Å². The van der Waals surface area contributed by atoms with Gasteiger partial charge in [-0.05, 0) is 56.3 Å². The van der Waals surface area contributed by atoms with Crippen molar-refractivity contribution < 1.29 is 14.6 Å². The second-order valence-electron chi connectivity index (χ2n) is 6.21. The number of pyridine rings is 1. The summed E-state index contributed by atoms with van der Waals surface area (Å²) in [5.74, 6) is -0.961. The first-order valence-corrected chi connectivity index (χ1v) is 7.66. The van der Waals surface area contributed by atoms with E-state index in [-0.39, 0.29) is 5.69 Å². The maximum Gasteiger partial charge on any atom is 0.354 e. The maximum absolute atomic E-state index is 11.0. The van der Waals surface area contributed by atoms with Gasteiger partial charge in [0.1, 0.15) is 5.69 Å². The van der Waals surface area contributed by atoms with Crippen LogP contribution >= 0.6 is 0 Å². The smallest absolute Gasteiger partial charge is 0.354 e. The van der Waals surface area contributed by atoms with Gasteiger partial charge in [-0.15, -0.1) is 0 Å². The molecule has 0 aliphatic carbocycles. The number of carboxylic acid groups (broad SMARTS) is 1. The third kappa shape index (κ3) is 3.41. The van der Waals surface area contributed by atoms with E-state index >= 15 is 0 Å². The molecule has 114 valence electrons. The Bertz CT molecular complexity index is 502. The SMILES string of the molecule is O=C(O)c1cccc(CN2CCC3(CCOCC3)CC2)n1. The van der Waals surface area contributed by atoms with Gasteiger partial charge in [0.15, 0.2) is 0 Å². The van der Waals surface area contributed by atoms with Gasteiger partial charge in [0.2, 0.25) is 0 Å². The number of carboxylic acids is 1. The molecule has 2 saturated heterocycles. The van der Waals surface area contributed by atoms with Crippen molar-refractivity contribution in [3.05, 3.63) is 29.6 Å². The van der Waals surface area contributed by atoms with Crippen LogP contribution in [0, 0.1) is 5.41 Å². The number of aromatic nitrogens is 1. The van der Waals surface area contributed by atoms with Gasteiger partial charge in [-0.25, -0.2) is 9.78 Å². The topological polar surface area (TPSA) is 62.7 Å². The summed E-state index contributed by atoms with van der Waals surface area (Å²) >= 11 is 0. The van der Waals surface area contributed by atoms with Crippen molar-refractivity contribution in [1.29, 1.82) is 0 Å². The molecule has 0 saturated carbocycles. The predicted octanol–water partition coefficient (Wildman–Crippen LogP) is 2.17. The van der Waals surface area contributed by atoms with Crippen LogP contribution in [0.15, 0.2) is 18.2 Å². The minimum Gasteiger partial charge on any atom is -0.477 e. The molecule has 2 aliphatic rings. The van der Waals surface area contributed by atoms with Crippen LogP contribution in [0.5, 0.6) is 0 Å². The van der Waals surface area contributed by atoms with Crippen molar-refractivity contribution >= 4 is 5.97 Å². The van der Waals surface area contributed by atoms with Gasteiger partial charge in [-0.1, -0.05) is 6.07 Å². The molecule has 21 heavy (non-hydrogen) atoms. The van der Waals surface area contributed by atoms with Crippen molar-refractivity contribution in [3.63, 3.8) is 0 Å². The van der Waals surface area contributed by atoms with Crippen LogP contribution in [0.2, 0.25) is 0 Å². The first-order chi connectivity index (χ1) is 10.2. The summed E-state index contributed by atoms with van der Waals surface area (Å²) in [5.41, 5.74) is 1.47. The maximum atomic E-state index is 11.0. The van der Waals surface area contributed by atoms with Gasteiger partial charge >= 0.3 is 5.97 Å². The summed E-state index contributed by atoms with van der Waals surface area (Å²) in [6.07, 6.45) is 4.81. The van der Waals surface area contributed by atoms with Gasteiger partial charge in [0, 0.05) is 19.8 Å². The largest absolute Gasteiger partial charge is 0.477 e. The molecule has 0 unspecified atom stereocenters. The fourth-order valence-electron chi connectivity index (χ4n) is 3.41. The Balaban J connectivity index is 1.57. The molecule has 3 rings (SSSR count). The highest BCUT2D eigenvalue weighted by Crippen LogP contribution is 2.40. The van der Waals surface area contributed by atoms with Crippen molar-refractivity contribution in [2.45, 2.75) is 32.2 Å². The fraction of sp³-hybridized carbons (Fsp3) is 0.625. The summed E-state index contributed by atoms with van der Waals surface area (Å²) < 4.78 is 5.48. The first kappa shape index (κ1) is 14.5. The summed E-state index contributed by atoms with van der Waals surface area (Å²) in [5, 5.41) is 8.99. The van der Waals surface area contributed by atoms with Crippen LogP contribution in [0.25, 0.3) is 0 Å². The van der Waals surface area contributed by atoms with Crippen LogP contribution in [-0.4, -0.2) is 47.3 Å². The van der Waals surface area contributed by atoms with E-state index in [2.05, 4.69) is 9.88 Å². The molecule has 2 fully saturated rings. The highest BCUT2D eigenvalue weighted by atomic mass is 16.5. The molecule has 0 radical (unpaired) electrons. The van der Waals surface area contributed by atoms with E-state index in [1.54, 1.807) is 12.1 Å². The molecule has 1 spiro atoms. The van der Waals surface area contributed by atoms with E-state index in [1.807, 2.05) is 6.07 Å². The van der Waals surface area contributed by atoms with Gasteiger partial charge in [-0.2, -0.15) is 0 Å². The average molecular weight is 290 g/mol. The van der Waals surface area contributed by atoms with Crippen LogP contribution in [0.1, 0.15) is 41.9 Å². The standard InChI is InChI=1S/C16H22N2O3/c19-15(20)14-3-1-2-13(17-14)12-18-8-4-16(5-9-18)6-10-21-11-7-16/h1-3H,4-12H2,(H,19,20). The molecule has 0 atom stereocenters. The first-order valence-electron chi connectivity index (χ1n) is 7.66. The van der Waals surface area contributed by atoms with Crippen molar-refractivity contribution in [2.24, 2.45) is 5.41 Å². The third-order valence-electron chi connectivity index (χ3n) is 4.88. The minimum atomic E-state index is -0.961. The van der Waals surface area contributed by atoms with Crippen LogP contribution in [0.3, 0.4) is 0 Å². The van der Waals surface area contributed by atoms with Gasteiger partial charge in [0.25, 0.3) is 0 Å². The number of nitrogens with zero attached hydrogens (tertiary/aromatic N) is 2. The monoisotopic (exact) mass is 290 g/mol. The summed E-state index contributed by atoms with van der Waals surface area (Å²) in [4.78, 5) is 17.6. The number of rotatable bonds is 3. The van der Waals surface area contributed by atoms with Gasteiger partial charge in [0.05, 0.1) is 5.69 Å². The molecular weight excluding hydrogens is 268 g/mol. The molecule has 0 bridgehead atoms. The van der Waals surface area contributed by atoms with Crippen LogP contribution < -0.4 is 0 Å². The second-order valence-corrected chi connectivity index (χ2v) is 6.21. The summed E-state index contributed by atoms with van der Waals surface area (Å²) in [6.45, 7) is 4.69. The summed E-state index contributed by atoms with van der Waals surface area (Å²) in [7, 11) is 0. The van der Waals surface area contributed by atoms with E-state index in [9.17, 15) is 4.79 Å². The zero-order valence-electron chi connectivity index (χ0n) is 12.3. The zero-order valence-corrected chi connectivity index (χ0v) is 12.3. The Morgan fingerprint density at radius 1 is 1.24 bits per heavy atom. The molecule has 2 aliphatic heterocycles. The van der Waals surface area contributed by atoms with Crippen LogP contribution in [-0.2, 0) is 11.3 Å². The number of carbonyl (C=O) groups is 1. The number of hydrogen-bond acceptors (Lipinski definition) is 4. The summed E-state index contributed by atoms with van der Waals surface area (Å²) in [6, 6.07) is 5.22. The predicted molar refractivity (Wildman–Crippen MR) is 78.2 cm³/mol. The highest BCUT2D eigenvalue weighted by molar-refractivity contribution is 5.85. The quantitative estimate of drug-likeness (QED) is 0.924. The molecule has 5 heteroatoms. The molecule has 5 nitrogen and oxygen atoms in total. The molecule has 0 amide bonds. The van der Waals surface area contributed by atoms with E-state index in [4.69, 9.17) is 9.84 Å². The average Bonchev–Trinajstić information content (AvgIpc) is 2.51. The zero-order chi connectivity index (χ0) is 14.7. The number of piperidine rings is 1. The molecular formula is C16H22N2O3. The molecule has 1 aromatic heterocycles. The van der Waals surface area contributed by atoms with Gasteiger partial charge < -0.3 is 9.84 Å². The van der Waals surface area contributed by atoms with Gasteiger partial charge in [-0.3, -0.25) is 4.90 Å². The minimum absolute atomic E-state index is 0.130. The lowest BCUT2D eigenvalue weighted by Gasteiger charge is -2.44. The van der Waals surface area contributed by atoms with E-state index < -0.39 is 5.97 Å².